The lowest BCUT2D eigenvalue weighted by atomic mass is 9.78. The normalized spacial score (nSPS) is 17.9. The molecule has 1 fully saturated rings. The van der Waals surface area contributed by atoms with Gasteiger partial charge in [-0.25, -0.2) is 0 Å². The second-order valence-electron chi connectivity index (χ2n) is 5.63. The lowest BCUT2D eigenvalue weighted by Crippen LogP contribution is -2.39. The minimum Gasteiger partial charge on any atom is -0.467 e. The Morgan fingerprint density at radius 2 is 1.90 bits per heavy atom. The van der Waals surface area contributed by atoms with E-state index in [0.717, 1.165) is 19.6 Å². The summed E-state index contributed by atoms with van der Waals surface area (Å²) in [7, 11) is 1.58. The lowest BCUT2D eigenvalue weighted by molar-refractivity contribution is 0.237. The number of rotatable bonds is 5. The van der Waals surface area contributed by atoms with E-state index in [1.807, 2.05) is 6.92 Å². The molecule has 0 saturated carbocycles. The molecular formula is C14H25N5O. The molecule has 0 aromatic carbocycles. The van der Waals surface area contributed by atoms with Gasteiger partial charge in [-0.1, -0.05) is 20.3 Å². The molecule has 6 nitrogen and oxygen atoms in total. The molecule has 0 aliphatic carbocycles. The van der Waals surface area contributed by atoms with Crippen LogP contribution in [0.2, 0.25) is 0 Å². The smallest absolute Gasteiger partial charge is 0.322 e. The van der Waals surface area contributed by atoms with Gasteiger partial charge in [0.15, 0.2) is 0 Å². The summed E-state index contributed by atoms with van der Waals surface area (Å²) >= 11 is 0. The molecule has 2 heterocycles. The van der Waals surface area contributed by atoms with Gasteiger partial charge in [0.25, 0.3) is 0 Å². The number of nitrogens with zero attached hydrogens (tertiary/aromatic N) is 4. The van der Waals surface area contributed by atoms with E-state index in [1.165, 1.54) is 19.3 Å². The van der Waals surface area contributed by atoms with E-state index in [1.54, 1.807) is 7.11 Å². The minimum absolute atomic E-state index is 0.370. The summed E-state index contributed by atoms with van der Waals surface area (Å²) in [4.78, 5) is 15.3. The molecule has 20 heavy (non-hydrogen) atoms. The highest BCUT2D eigenvalue weighted by Crippen LogP contribution is 2.35. The van der Waals surface area contributed by atoms with Crippen molar-refractivity contribution in [3.05, 3.63) is 0 Å². The number of anilines is 2. The molecule has 0 amide bonds. The predicted molar refractivity (Wildman–Crippen MR) is 80.4 cm³/mol. The SMILES string of the molecule is CCNc1nc(OC)nc(N2CCC(C)(CC)CC2)n1. The molecule has 0 bridgehead atoms. The molecule has 1 aromatic heterocycles. The molecule has 112 valence electrons. The first-order valence-electron chi connectivity index (χ1n) is 7.39. The van der Waals surface area contributed by atoms with Crippen LogP contribution >= 0.6 is 0 Å². The van der Waals surface area contributed by atoms with Crippen molar-refractivity contribution in [2.24, 2.45) is 5.41 Å². The molecule has 1 aliphatic heterocycles. The highest BCUT2D eigenvalue weighted by atomic mass is 16.5. The van der Waals surface area contributed by atoms with Gasteiger partial charge in [-0.2, -0.15) is 15.0 Å². The van der Waals surface area contributed by atoms with Gasteiger partial charge in [0, 0.05) is 19.6 Å². The molecular weight excluding hydrogens is 254 g/mol. The van der Waals surface area contributed by atoms with Crippen LogP contribution in [-0.2, 0) is 0 Å². The number of piperidine rings is 1. The Kier molecular flexibility index (Phi) is 4.62. The average molecular weight is 279 g/mol. The number of ether oxygens (including phenoxy) is 1. The van der Waals surface area contributed by atoms with Gasteiger partial charge in [0.05, 0.1) is 7.11 Å². The van der Waals surface area contributed by atoms with Crippen LogP contribution in [0.1, 0.15) is 40.0 Å². The summed E-state index contributed by atoms with van der Waals surface area (Å²) in [5, 5.41) is 3.12. The van der Waals surface area contributed by atoms with E-state index < -0.39 is 0 Å². The summed E-state index contributed by atoms with van der Waals surface area (Å²) in [5.74, 6) is 1.30. The number of hydrogen-bond acceptors (Lipinski definition) is 6. The fourth-order valence-corrected chi connectivity index (χ4v) is 2.42. The first kappa shape index (κ1) is 14.8. The maximum absolute atomic E-state index is 5.17. The van der Waals surface area contributed by atoms with Crippen molar-refractivity contribution in [1.82, 2.24) is 15.0 Å². The number of aromatic nitrogens is 3. The summed E-state index contributed by atoms with van der Waals surface area (Å²) in [5.41, 5.74) is 0.456. The van der Waals surface area contributed by atoms with Crippen LogP contribution in [0.15, 0.2) is 0 Å². The molecule has 1 saturated heterocycles. The van der Waals surface area contributed by atoms with Gasteiger partial charge in [-0.05, 0) is 25.2 Å². The Balaban J connectivity index is 2.14. The zero-order chi connectivity index (χ0) is 14.6. The maximum atomic E-state index is 5.17. The molecule has 0 radical (unpaired) electrons. The zero-order valence-electron chi connectivity index (χ0n) is 12.9. The van der Waals surface area contributed by atoms with Crippen molar-refractivity contribution >= 4 is 11.9 Å². The van der Waals surface area contributed by atoms with Crippen LogP contribution in [-0.4, -0.2) is 41.7 Å². The first-order chi connectivity index (χ1) is 9.60. The Morgan fingerprint density at radius 1 is 1.20 bits per heavy atom. The maximum Gasteiger partial charge on any atom is 0.322 e. The molecule has 0 atom stereocenters. The van der Waals surface area contributed by atoms with Crippen molar-refractivity contribution < 1.29 is 4.74 Å². The number of hydrogen-bond donors (Lipinski definition) is 1. The molecule has 6 heteroatoms. The second kappa shape index (κ2) is 6.24. The van der Waals surface area contributed by atoms with Crippen LogP contribution in [0.3, 0.4) is 0 Å². The zero-order valence-corrected chi connectivity index (χ0v) is 12.9. The van der Waals surface area contributed by atoms with Gasteiger partial charge in [0.2, 0.25) is 11.9 Å². The summed E-state index contributed by atoms with van der Waals surface area (Å²) in [6.45, 7) is 9.41. The fourth-order valence-electron chi connectivity index (χ4n) is 2.42. The topological polar surface area (TPSA) is 63.2 Å². The molecule has 1 aromatic rings. The summed E-state index contributed by atoms with van der Waals surface area (Å²) in [6, 6.07) is 0.370. The van der Waals surface area contributed by atoms with Gasteiger partial charge in [0.1, 0.15) is 0 Å². The van der Waals surface area contributed by atoms with Gasteiger partial charge < -0.3 is 15.0 Å². The van der Waals surface area contributed by atoms with Gasteiger partial charge >= 0.3 is 6.01 Å². The van der Waals surface area contributed by atoms with Crippen molar-refractivity contribution in [3.8, 4) is 6.01 Å². The van der Waals surface area contributed by atoms with Gasteiger partial charge in [-0.15, -0.1) is 0 Å². The van der Waals surface area contributed by atoms with E-state index in [-0.39, 0.29) is 0 Å². The Labute approximate surface area is 121 Å². The van der Waals surface area contributed by atoms with E-state index in [4.69, 9.17) is 4.74 Å². The van der Waals surface area contributed by atoms with E-state index in [0.29, 0.717) is 23.3 Å². The minimum atomic E-state index is 0.370. The number of methoxy groups -OCH3 is 1. The molecule has 1 aliphatic rings. The van der Waals surface area contributed by atoms with Crippen LogP contribution in [0.25, 0.3) is 0 Å². The Hall–Kier alpha value is -1.59. The third-order valence-corrected chi connectivity index (χ3v) is 4.23. The summed E-state index contributed by atoms with van der Waals surface area (Å²) in [6.07, 6.45) is 3.58. The molecule has 0 unspecified atom stereocenters. The third-order valence-electron chi connectivity index (χ3n) is 4.23. The first-order valence-corrected chi connectivity index (χ1v) is 7.39. The van der Waals surface area contributed by atoms with E-state index in [2.05, 4.69) is 39.0 Å². The van der Waals surface area contributed by atoms with Crippen molar-refractivity contribution in [3.63, 3.8) is 0 Å². The lowest BCUT2D eigenvalue weighted by Gasteiger charge is -2.38. The monoisotopic (exact) mass is 279 g/mol. The summed E-state index contributed by atoms with van der Waals surface area (Å²) < 4.78 is 5.17. The molecule has 0 spiro atoms. The molecule has 1 N–H and O–H groups in total. The third kappa shape index (κ3) is 3.29. The largest absolute Gasteiger partial charge is 0.467 e. The van der Waals surface area contributed by atoms with Crippen molar-refractivity contribution in [2.45, 2.75) is 40.0 Å². The second-order valence-corrected chi connectivity index (χ2v) is 5.63. The average Bonchev–Trinajstić information content (AvgIpc) is 2.48. The van der Waals surface area contributed by atoms with Gasteiger partial charge in [-0.3, -0.25) is 0 Å². The molecule has 2 rings (SSSR count). The highest BCUT2D eigenvalue weighted by molar-refractivity contribution is 5.38. The van der Waals surface area contributed by atoms with Crippen LogP contribution in [0.5, 0.6) is 6.01 Å². The Bertz CT molecular complexity index is 443. The van der Waals surface area contributed by atoms with Crippen LogP contribution in [0.4, 0.5) is 11.9 Å². The fraction of sp³-hybridized carbons (Fsp3) is 0.786. The quantitative estimate of drug-likeness (QED) is 0.892. The predicted octanol–water partition coefficient (Wildman–Crippen LogP) is 2.33. The van der Waals surface area contributed by atoms with E-state index in [9.17, 15) is 0 Å². The highest BCUT2D eigenvalue weighted by Gasteiger charge is 2.29. The van der Waals surface area contributed by atoms with Crippen LogP contribution in [0, 0.1) is 5.41 Å². The Morgan fingerprint density at radius 3 is 2.45 bits per heavy atom. The standard InChI is InChI=1S/C14H25N5O/c1-5-14(3)7-9-19(10-8-14)12-16-11(15-6-2)17-13(18-12)20-4/h5-10H2,1-4H3,(H,15,16,17,18). The van der Waals surface area contributed by atoms with Crippen molar-refractivity contribution in [1.29, 1.82) is 0 Å². The van der Waals surface area contributed by atoms with E-state index >= 15 is 0 Å². The number of nitrogens with one attached hydrogen (secondary N) is 1. The van der Waals surface area contributed by atoms with Crippen molar-refractivity contribution in [2.75, 3.05) is 37.0 Å². The van der Waals surface area contributed by atoms with Crippen LogP contribution < -0.4 is 15.0 Å².